The van der Waals surface area contributed by atoms with Gasteiger partial charge in [-0.25, -0.2) is 5.10 Å². The minimum atomic E-state index is -0.0436. The van der Waals surface area contributed by atoms with Gasteiger partial charge in [0.2, 0.25) is 0 Å². The van der Waals surface area contributed by atoms with Crippen LogP contribution in [0.5, 0.6) is 0 Å². The van der Waals surface area contributed by atoms with Crippen LogP contribution in [-0.4, -0.2) is 17.2 Å². The molecule has 0 radical (unpaired) electrons. The first-order valence-electron chi connectivity index (χ1n) is 7.24. The fourth-order valence-electron chi connectivity index (χ4n) is 2.95. The smallest absolute Gasteiger partial charge is 0.267 e. The number of nitrogens with one attached hydrogen (secondary N) is 2. The van der Waals surface area contributed by atoms with Gasteiger partial charge in [0.15, 0.2) is 0 Å². The third kappa shape index (κ3) is 2.74. The van der Waals surface area contributed by atoms with Gasteiger partial charge < -0.3 is 5.32 Å². The molecule has 21 heavy (non-hydrogen) atoms. The van der Waals surface area contributed by atoms with Crippen molar-refractivity contribution in [3.05, 3.63) is 50.3 Å². The first-order chi connectivity index (χ1) is 10.2. The molecule has 1 aromatic heterocycles. The van der Waals surface area contributed by atoms with Gasteiger partial charge in [0.1, 0.15) is 0 Å². The van der Waals surface area contributed by atoms with Crippen LogP contribution in [0, 0.1) is 0 Å². The summed E-state index contributed by atoms with van der Waals surface area (Å²) in [6, 6.07) is 5.91. The van der Waals surface area contributed by atoms with Crippen molar-refractivity contribution in [2.75, 3.05) is 7.05 Å². The largest absolute Gasteiger partial charge is 0.316 e. The molecule has 1 aromatic carbocycles. The van der Waals surface area contributed by atoms with Crippen LogP contribution in [0.2, 0.25) is 5.02 Å². The molecule has 5 heteroatoms. The van der Waals surface area contributed by atoms with E-state index in [-0.39, 0.29) is 5.56 Å². The summed E-state index contributed by atoms with van der Waals surface area (Å²) in [5.74, 6) is 0. The highest BCUT2D eigenvalue weighted by molar-refractivity contribution is 6.31. The van der Waals surface area contributed by atoms with E-state index in [0.717, 1.165) is 58.7 Å². The van der Waals surface area contributed by atoms with Gasteiger partial charge in [-0.1, -0.05) is 17.7 Å². The summed E-state index contributed by atoms with van der Waals surface area (Å²) in [7, 11) is 1.89. The number of rotatable bonds is 3. The summed E-state index contributed by atoms with van der Waals surface area (Å²) >= 11 is 6.21. The summed E-state index contributed by atoms with van der Waals surface area (Å²) in [6.45, 7) is 0.707. The van der Waals surface area contributed by atoms with Crippen LogP contribution in [0.15, 0.2) is 23.0 Å². The molecule has 4 nitrogen and oxygen atoms in total. The Kier molecular flexibility index (Phi) is 4.08. The van der Waals surface area contributed by atoms with Crippen molar-refractivity contribution < 1.29 is 0 Å². The molecule has 0 atom stereocenters. The maximum Gasteiger partial charge on any atom is 0.267 e. The van der Waals surface area contributed by atoms with Gasteiger partial charge in [0.05, 0.1) is 5.69 Å². The van der Waals surface area contributed by atoms with Crippen molar-refractivity contribution in [2.45, 2.75) is 32.2 Å². The Balaban J connectivity index is 2.13. The van der Waals surface area contributed by atoms with Crippen molar-refractivity contribution in [3.8, 4) is 11.3 Å². The monoisotopic (exact) mass is 303 g/mol. The second kappa shape index (κ2) is 6.00. The fourth-order valence-corrected chi connectivity index (χ4v) is 3.13. The molecule has 3 rings (SSSR count). The molecule has 0 saturated heterocycles. The lowest BCUT2D eigenvalue weighted by Crippen LogP contribution is -2.21. The molecule has 2 aromatic rings. The molecule has 1 aliphatic carbocycles. The lowest BCUT2D eigenvalue weighted by molar-refractivity contribution is 0.669. The summed E-state index contributed by atoms with van der Waals surface area (Å²) in [6.07, 6.45) is 3.95. The van der Waals surface area contributed by atoms with Crippen molar-refractivity contribution >= 4 is 11.6 Å². The van der Waals surface area contributed by atoms with E-state index < -0.39 is 0 Å². The molecule has 0 amide bonds. The lowest BCUT2D eigenvalue weighted by atomic mass is 9.89. The Morgan fingerprint density at radius 2 is 2.05 bits per heavy atom. The van der Waals surface area contributed by atoms with Gasteiger partial charge in [-0.2, -0.15) is 5.10 Å². The lowest BCUT2D eigenvalue weighted by Gasteiger charge is -2.18. The Bertz CT molecular complexity index is 724. The molecule has 0 bridgehead atoms. The zero-order chi connectivity index (χ0) is 14.8. The van der Waals surface area contributed by atoms with Crippen molar-refractivity contribution in [2.24, 2.45) is 0 Å². The highest BCUT2D eigenvalue weighted by atomic mass is 35.5. The van der Waals surface area contributed by atoms with E-state index in [1.165, 1.54) is 0 Å². The van der Waals surface area contributed by atoms with Crippen molar-refractivity contribution in [3.63, 3.8) is 0 Å². The predicted octanol–water partition coefficient (Wildman–Crippen LogP) is 2.69. The number of hydrogen-bond acceptors (Lipinski definition) is 3. The number of fused-ring (bicyclic) bond motifs is 1. The van der Waals surface area contributed by atoms with Crippen LogP contribution in [0.4, 0.5) is 0 Å². The first-order valence-corrected chi connectivity index (χ1v) is 7.62. The number of nitrogens with zero attached hydrogens (tertiary/aromatic N) is 1. The average molecular weight is 304 g/mol. The van der Waals surface area contributed by atoms with Crippen LogP contribution in [-0.2, 0) is 19.4 Å². The number of aromatic amines is 1. The molecule has 0 fully saturated rings. The highest BCUT2D eigenvalue weighted by Crippen LogP contribution is 2.30. The summed E-state index contributed by atoms with van der Waals surface area (Å²) < 4.78 is 0. The average Bonchev–Trinajstić information content (AvgIpc) is 2.51. The first kappa shape index (κ1) is 14.3. The second-order valence-corrected chi connectivity index (χ2v) is 5.81. The number of H-pyrrole nitrogens is 1. The van der Waals surface area contributed by atoms with Gasteiger partial charge in [0.25, 0.3) is 5.56 Å². The Morgan fingerprint density at radius 1 is 1.29 bits per heavy atom. The molecular weight excluding hydrogens is 286 g/mol. The van der Waals surface area contributed by atoms with E-state index in [2.05, 4.69) is 15.5 Å². The number of benzene rings is 1. The van der Waals surface area contributed by atoms with Gasteiger partial charge in [-0.05, 0) is 56.0 Å². The molecule has 2 N–H and O–H groups in total. The standard InChI is InChI=1S/C16H18ClN3O/c1-18-9-11-8-10(6-7-14(11)17)15-12-4-2-3-5-13(12)16(21)20-19-15/h6-8,18H,2-5,9H2,1H3,(H,20,21). The fraction of sp³-hybridized carbons (Fsp3) is 0.375. The number of hydrogen-bond donors (Lipinski definition) is 2. The quantitative estimate of drug-likeness (QED) is 0.916. The predicted molar refractivity (Wildman–Crippen MR) is 84.7 cm³/mol. The van der Waals surface area contributed by atoms with E-state index in [4.69, 9.17) is 11.6 Å². The summed E-state index contributed by atoms with van der Waals surface area (Å²) in [5, 5.41) is 10.8. The molecule has 0 aliphatic heterocycles. The molecule has 0 unspecified atom stereocenters. The van der Waals surface area contributed by atoms with Gasteiger partial charge in [0, 0.05) is 22.7 Å². The number of aromatic nitrogens is 2. The Morgan fingerprint density at radius 3 is 2.81 bits per heavy atom. The molecular formula is C16H18ClN3O. The topological polar surface area (TPSA) is 57.8 Å². The van der Waals surface area contributed by atoms with Crippen LogP contribution in [0.1, 0.15) is 29.5 Å². The van der Waals surface area contributed by atoms with Crippen molar-refractivity contribution in [1.29, 1.82) is 0 Å². The summed E-state index contributed by atoms with van der Waals surface area (Å²) in [4.78, 5) is 11.9. The maximum atomic E-state index is 11.9. The Labute approximate surface area is 128 Å². The summed E-state index contributed by atoms with van der Waals surface area (Å²) in [5.41, 5.74) is 4.89. The minimum absolute atomic E-state index is 0.0436. The molecule has 110 valence electrons. The van der Waals surface area contributed by atoms with E-state index in [1.807, 2.05) is 25.2 Å². The van der Waals surface area contributed by atoms with Crippen LogP contribution >= 0.6 is 11.6 Å². The SMILES string of the molecule is CNCc1cc(-c2n[nH]c(=O)c3c2CCCC3)ccc1Cl. The zero-order valence-corrected chi connectivity index (χ0v) is 12.8. The molecule has 1 aliphatic rings. The molecule has 1 heterocycles. The number of halogens is 1. The van der Waals surface area contributed by atoms with E-state index in [1.54, 1.807) is 0 Å². The van der Waals surface area contributed by atoms with E-state index >= 15 is 0 Å². The molecule has 0 saturated carbocycles. The van der Waals surface area contributed by atoms with Crippen molar-refractivity contribution in [1.82, 2.24) is 15.5 Å². The highest BCUT2D eigenvalue weighted by Gasteiger charge is 2.19. The third-order valence-electron chi connectivity index (χ3n) is 3.98. The molecule has 0 spiro atoms. The van der Waals surface area contributed by atoms with Crippen LogP contribution in [0.25, 0.3) is 11.3 Å². The van der Waals surface area contributed by atoms with Crippen LogP contribution in [0.3, 0.4) is 0 Å². The van der Waals surface area contributed by atoms with Gasteiger partial charge in [-0.15, -0.1) is 0 Å². The van der Waals surface area contributed by atoms with E-state index in [0.29, 0.717) is 6.54 Å². The van der Waals surface area contributed by atoms with Gasteiger partial charge >= 0.3 is 0 Å². The second-order valence-electron chi connectivity index (χ2n) is 5.40. The third-order valence-corrected chi connectivity index (χ3v) is 4.35. The normalized spacial score (nSPS) is 14.0. The zero-order valence-electron chi connectivity index (χ0n) is 12.0. The van der Waals surface area contributed by atoms with E-state index in [9.17, 15) is 4.79 Å². The minimum Gasteiger partial charge on any atom is -0.316 e. The maximum absolute atomic E-state index is 11.9. The van der Waals surface area contributed by atoms with Gasteiger partial charge in [-0.3, -0.25) is 4.79 Å². The Hall–Kier alpha value is -1.65. The van der Waals surface area contributed by atoms with Crippen LogP contribution < -0.4 is 10.9 Å².